The number of terminal acetylenes is 1. The topological polar surface area (TPSA) is 55.4 Å². The van der Waals surface area contributed by atoms with E-state index in [1.807, 2.05) is 0 Å². The van der Waals surface area contributed by atoms with Gasteiger partial charge < -0.3 is 10.1 Å². The first-order valence-electron chi connectivity index (χ1n) is 4.06. The van der Waals surface area contributed by atoms with Gasteiger partial charge in [-0.1, -0.05) is 5.92 Å². The number of hydrogen-bond acceptors (Lipinski definition) is 3. The molecule has 0 saturated carbocycles. The Hall–Kier alpha value is -1.57. The Balaban J connectivity index is 4.47. The van der Waals surface area contributed by atoms with Crippen molar-refractivity contribution in [2.45, 2.75) is 26.1 Å². The molecule has 5 heteroatoms. The van der Waals surface area contributed by atoms with Crippen LogP contribution in [0.3, 0.4) is 0 Å². The van der Waals surface area contributed by atoms with Gasteiger partial charge in [0.1, 0.15) is 0 Å². The second kappa shape index (κ2) is 5.97. The van der Waals surface area contributed by atoms with Crippen molar-refractivity contribution in [2.24, 2.45) is 0 Å². The second-order valence-corrected chi connectivity index (χ2v) is 2.50. The fourth-order valence-corrected chi connectivity index (χ4v) is 0.799. The summed E-state index contributed by atoms with van der Waals surface area (Å²) in [4.78, 5) is 21.7. The van der Waals surface area contributed by atoms with Gasteiger partial charge in [0.2, 0.25) is 5.91 Å². The zero-order valence-electron chi connectivity index (χ0n) is 8.04. The predicted octanol–water partition coefficient (Wildman–Crippen LogP) is 0.0255. The molecule has 0 heterocycles. The first kappa shape index (κ1) is 12.4. The highest BCUT2D eigenvalue weighted by Gasteiger charge is 2.28. The van der Waals surface area contributed by atoms with E-state index < -0.39 is 24.1 Å². The van der Waals surface area contributed by atoms with Crippen LogP contribution >= 0.6 is 0 Å². The first-order chi connectivity index (χ1) is 6.52. The van der Waals surface area contributed by atoms with Crippen LogP contribution in [0.5, 0.6) is 0 Å². The Morgan fingerprint density at radius 3 is 2.57 bits per heavy atom. The number of amides is 1. The molecular formula is C9H12FNO3. The number of rotatable bonds is 4. The molecule has 0 aliphatic heterocycles. The van der Waals surface area contributed by atoms with Crippen LogP contribution in [0.25, 0.3) is 0 Å². The summed E-state index contributed by atoms with van der Waals surface area (Å²) in [5, 5.41) is 2.08. The van der Waals surface area contributed by atoms with Crippen LogP contribution in [0, 0.1) is 12.3 Å². The standard InChI is InChI=1S/C9H12FNO3/c1-4-7(10)8(11-6(3)12)9(13)14-5-2/h1,7-8H,5H2,2-3H3,(H,11,12)/t7-,8+/m1/s1. The molecule has 0 aromatic carbocycles. The number of esters is 1. The number of alkyl halides is 1. The quantitative estimate of drug-likeness (QED) is 0.515. The lowest BCUT2D eigenvalue weighted by Crippen LogP contribution is -2.46. The molecule has 0 bridgehead atoms. The minimum Gasteiger partial charge on any atom is -0.464 e. The van der Waals surface area contributed by atoms with Crippen molar-refractivity contribution in [3.63, 3.8) is 0 Å². The van der Waals surface area contributed by atoms with Crippen molar-refractivity contribution in [2.75, 3.05) is 6.61 Å². The fourth-order valence-electron chi connectivity index (χ4n) is 0.799. The summed E-state index contributed by atoms with van der Waals surface area (Å²) in [5.74, 6) is 0.319. The van der Waals surface area contributed by atoms with Crippen molar-refractivity contribution < 1.29 is 18.7 Å². The van der Waals surface area contributed by atoms with E-state index >= 15 is 0 Å². The van der Waals surface area contributed by atoms with E-state index in [1.165, 1.54) is 0 Å². The van der Waals surface area contributed by atoms with Crippen molar-refractivity contribution in [3.05, 3.63) is 0 Å². The highest BCUT2D eigenvalue weighted by atomic mass is 19.1. The Labute approximate surface area is 81.8 Å². The largest absolute Gasteiger partial charge is 0.464 e. The summed E-state index contributed by atoms with van der Waals surface area (Å²) in [6, 6.07) is -1.42. The number of nitrogens with one attached hydrogen (secondary N) is 1. The van der Waals surface area contributed by atoms with Gasteiger partial charge >= 0.3 is 5.97 Å². The van der Waals surface area contributed by atoms with Crippen LogP contribution in [0.2, 0.25) is 0 Å². The van der Waals surface area contributed by atoms with Gasteiger partial charge in [0.15, 0.2) is 12.2 Å². The molecule has 0 unspecified atom stereocenters. The van der Waals surface area contributed by atoms with Crippen LogP contribution in [-0.4, -0.2) is 30.7 Å². The van der Waals surface area contributed by atoms with Gasteiger partial charge in [-0.2, -0.15) is 0 Å². The molecule has 78 valence electrons. The van der Waals surface area contributed by atoms with Crippen LogP contribution in [0.15, 0.2) is 0 Å². The second-order valence-electron chi connectivity index (χ2n) is 2.50. The van der Waals surface area contributed by atoms with Gasteiger partial charge in [-0.05, 0) is 6.92 Å². The fraction of sp³-hybridized carbons (Fsp3) is 0.556. The van der Waals surface area contributed by atoms with Gasteiger partial charge in [-0.3, -0.25) is 4.79 Å². The number of halogens is 1. The summed E-state index contributed by atoms with van der Waals surface area (Å²) in [7, 11) is 0. The van der Waals surface area contributed by atoms with Crippen molar-refractivity contribution >= 4 is 11.9 Å². The third kappa shape index (κ3) is 3.90. The summed E-state index contributed by atoms with van der Waals surface area (Å²) in [5.41, 5.74) is 0. The van der Waals surface area contributed by atoms with E-state index in [4.69, 9.17) is 6.42 Å². The lowest BCUT2D eigenvalue weighted by Gasteiger charge is -2.16. The minimum atomic E-state index is -1.88. The maximum Gasteiger partial charge on any atom is 0.332 e. The Bertz CT molecular complexity index is 259. The molecule has 4 nitrogen and oxygen atoms in total. The van der Waals surface area contributed by atoms with Crippen LogP contribution in [-0.2, 0) is 14.3 Å². The molecule has 1 amide bonds. The molecule has 0 aromatic heterocycles. The van der Waals surface area contributed by atoms with E-state index in [9.17, 15) is 14.0 Å². The molecule has 0 aliphatic carbocycles. The summed E-state index contributed by atoms with van der Waals surface area (Å²) < 4.78 is 17.5. The molecule has 0 aliphatic rings. The summed E-state index contributed by atoms with van der Waals surface area (Å²) in [6.45, 7) is 2.84. The van der Waals surface area contributed by atoms with Crippen molar-refractivity contribution in [1.29, 1.82) is 0 Å². The van der Waals surface area contributed by atoms with Gasteiger partial charge in [-0.25, -0.2) is 9.18 Å². The smallest absolute Gasteiger partial charge is 0.332 e. The molecule has 1 N–H and O–H groups in total. The predicted molar refractivity (Wildman–Crippen MR) is 48.0 cm³/mol. The van der Waals surface area contributed by atoms with Crippen LogP contribution in [0.4, 0.5) is 4.39 Å². The lowest BCUT2D eigenvalue weighted by molar-refractivity contribution is -0.148. The molecule has 0 fully saturated rings. The number of carbonyl (C=O) groups excluding carboxylic acids is 2. The monoisotopic (exact) mass is 201 g/mol. The maximum atomic E-state index is 13.0. The van der Waals surface area contributed by atoms with E-state index in [-0.39, 0.29) is 6.61 Å². The molecule has 0 saturated heterocycles. The molecule has 0 spiro atoms. The molecule has 14 heavy (non-hydrogen) atoms. The number of ether oxygens (including phenoxy) is 1. The highest BCUT2D eigenvalue weighted by Crippen LogP contribution is 2.00. The maximum absolute atomic E-state index is 13.0. The number of carbonyl (C=O) groups is 2. The summed E-state index contributed by atoms with van der Waals surface area (Å²) >= 11 is 0. The lowest BCUT2D eigenvalue weighted by atomic mass is 10.2. The van der Waals surface area contributed by atoms with Gasteiger partial charge in [0.25, 0.3) is 0 Å². The zero-order chi connectivity index (χ0) is 11.1. The third-order valence-electron chi connectivity index (χ3n) is 1.35. The molecule has 0 rings (SSSR count). The normalized spacial score (nSPS) is 13.6. The van der Waals surface area contributed by atoms with E-state index in [1.54, 1.807) is 12.8 Å². The van der Waals surface area contributed by atoms with Crippen LogP contribution in [0.1, 0.15) is 13.8 Å². The van der Waals surface area contributed by atoms with Gasteiger partial charge in [0, 0.05) is 6.92 Å². The Morgan fingerprint density at radius 1 is 1.64 bits per heavy atom. The first-order valence-corrected chi connectivity index (χ1v) is 4.06. The minimum absolute atomic E-state index is 0.103. The average Bonchev–Trinajstić information content (AvgIpc) is 2.13. The van der Waals surface area contributed by atoms with Crippen molar-refractivity contribution in [1.82, 2.24) is 5.32 Å². The molecule has 0 aromatic rings. The Kier molecular flexibility index (Phi) is 5.30. The zero-order valence-corrected chi connectivity index (χ0v) is 8.04. The average molecular weight is 201 g/mol. The summed E-state index contributed by atoms with van der Waals surface area (Å²) in [6.07, 6.45) is 2.92. The van der Waals surface area contributed by atoms with Crippen molar-refractivity contribution in [3.8, 4) is 12.3 Å². The SMILES string of the molecule is C#C[C@@H](F)[C@H](NC(C)=O)C(=O)OCC. The van der Waals surface area contributed by atoms with E-state index in [0.717, 1.165) is 6.92 Å². The van der Waals surface area contributed by atoms with Gasteiger partial charge in [0.05, 0.1) is 6.61 Å². The molecule has 0 radical (unpaired) electrons. The highest BCUT2D eigenvalue weighted by molar-refractivity contribution is 5.84. The molecular weight excluding hydrogens is 189 g/mol. The van der Waals surface area contributed by atoms with Gasteiger partial charge in [-0.15, -0.1) is 6.42 Å². The third-order valence-corrected chi connectivity index (χ3v) is 1.35. The number of hydrogen-bond donors (Lipinski definition) is 1. The van der Waals surface area contributed by atoms with E-state index in [0.29, 0.717) is 0 Å². The Morgan fingerprint density at radius 2 is 2.21 bits per heavy atom. The van der Waals surface area contributed by atoms with Crippen LogP contribution < -0.4 is 5.32 Å². The molecule has 2 atom stereocenters. The van der Waals surface area contributed by atoms with E-state index in [2.05, 4.69) is 10.1 Å².